The van der Waals surface area contributed by atoms with Crippen LogP contribution in [0.5, 0.6) is 0 Å². The van der Waals surface area contributed by atoms with Crippen molar-refractivity contribution < 1.29 is 15.0 Å². The van der Waals surface area contributed by atoms with Crippen LogP contribution in [0.4, 0.5) is 0 Å². The van der Waals surface area contributed by atoms with Gasteiger partial charge in [-0.2, -0.15) is 0 Å². The van der Waals surface area contributed by atoms with Crippen molar-refractivity contribution in [2.24, 2.45) is 0 Å². The van der Waals surface area contributed by atoms with E-state index in [-0.39, 0.29) is 6.10 Å². The highest BCUT2D eigenvalue weighted by Gasteiger charge is 2.03. The van der Waals surface area contributed by atoms with Crippen LogP contribution < -0.4 is 0 Å². The van der Waals surface area contributed by atoms with Gasteiger partial charge in [0.1, 0.15) is 0 Å². The summed E-state index contributed by atoms with van der Waals surface area (Å²) >= 11 is 0. The number of carboxylic acids is 1. The second-order valence-electron chi connectivity index (χ2n) is 7.68. The van der Waals surface area contributed by atoms with Crippen LogP contribution in [0.2, 0.25) is 0 Å². The van der Waals surface area contributed by atoms with Crippen molar-refractivity contribution in [1.29, 1.82) is 0 Å². The van der Waals surface area contributed by atoms with Crippen LogP contribution in [0.3, 0.4) is 0 Å². The van der Waals surface area contributed by atoms with Crippen LogP contribution in [0.1, 0.15) is 129 Å². The second-order valence-corrected chi connectivity index (χ2v) is 7.68. The Morgan fingerprint density at radius 3 is 1.40 bits per heavy atom. The summed E-state index contributed by atoms with van der Waals surface area (Å²) in [4.78, 5) is 10.4. The van der Waals surface area contributed by atoms with Crippen molar-refractivity contribution in [3.63, 3.8) is 0 Å². The van der Waals surface area contributed by atoms with Crippen LogP contribution in [-0.4, -0.2) is 22.3 Å². The summed E-state index contributed by atoms with van der Waals surface area (Å²) < 4.78 is 0. The molecule has 0 rings (SSSR count). The van der Waals surface area contributed by atoms with Gasteiger partial charge in [-0.15, -0.1) is 0 Å². The maximum atomic E-state index is 10.4. The summed E-state index contributed by atoms with van der Waals surface area (Å²) in [6, 6.07) is 0. The predicted octanol–water partition coefficient (Wildman–Crippen LogP) is 6.86. The number of rotatable bonds is 20. The standard InChI is InChI=1S/C22H44O3/c1-2-3-4-5-6-9-12-15-18-21(23)19-16-13-10-7-8-11-14-17-20-22(24)25/h21,23H,2-20H2,1H3,(H,24,25). The van der Waals surface area contributed by atoms with E-state index in [0.717, 1.165) is 38.5 Å². The Kier molecular flexibility index (Phi) is 19.3. The van der Waals surface area contributed by atoms with E-state index in [1.54, 1.807) is 0 Å². The monoisotopic (exact) mass is 356 g/mol. The van der Waals surface area contributed by atoms with Gasteiger partial charge in [0, 0.05) is 6.42 Å². The lowest BCUT2D eigenvalue weighted by molar-refractivity contribution is -0.137. The molecule has 0 saturated heterocycles. The molecule has 1 unspecified atom stereocenters. The minimum Gasteiger partial charge on any atom is -0.481 e. The van der Waals surface area contributed by atoms with Crippen molar-refractivity contribution in [1.82, 2.24) is 0 Å². The first kappa shape index (κ1) is 24.4. The van der Waals surface area contributed by atoms with Gasteiger partial charge in [0.05, 0.1) is 6.10 Å². The Labute approximate surface area is 156 Å². The molecule has 0 aliphatic rings. The summed E-state index contributed by atoms with van der Waals surface area (Å²) in [6.45, 7) is 2.26. The molecule has 3 heteroatoms. The predicted molar refractivity (Wildman–Crippen MR) is 107 cm³/mol. The summed E-state index contributed by atoms with van der Waals surface area (Å²) in [5, 5.41) is 18.6. The molecule has 0 bridgehead atoms. The highest BCUT2D eigenvalue weighted by Crippen LogP contribution is 2.15. The first-order valence-electron chi connectivity index (χ1n) is 11.1. The van der Waals surface area contributed by atoms with Crippen LogP contribution in [0, 0.1) is 0 Å². The summed E-state index contributed by atoms with van der Waals surface area (Å²) in [5.41, 5.74) is 0. The Hall–Kier alpha value is -0.570. The third-order valence-electron chi connectivity index (χ3n) is 5.07. The molecule has 0 heterocycles. The van der Waals surface area contributed by atoms with Gasteiger partial charge in [0.2, 0.25) is 0 Å². The molecule has 0 aromatic heterocycles. The van der Waals surface area contributed by atoms with Crippen LogP contribution in [-0.2, 0) is 4.79 Å². The van der Waals surface area contributed by atoms with E-state index in [2.05, 4.69) is 6.92 Å². The highest BCUT2D eigenvalue weighted by atomic mass is 16.4. The number of carboxylic acid groups (broad SMARTS) is 1. The van der Waals surface area contributed by atoms with Gasteiger partial charge in [-0.05, 0) is 19.3 Å². The third kappa shape index (κ3) is 21.4. The zero-order chi connectivity index (χ0) is 18.6. The third-order valence-corrected chi connectivity index (χ3v) is 5.07. The Balaban J connectivity index is 3.15. The molecule has 150 valence electrons. The van der Waals surface area contributed by atoms with Crippen molar-refractivity contribution in [2.75, 3.05) is 0 Å². The van der Waals surface area contributed by atoms with E-state index in [1.165, 1.54) is 77.0 Å². The molecule has 3 nitrogen and oxygen atoms in total. The molecule has 0 aliphatic heterocycles. The Morgan fingerprint density at radius 1 is 0.640 bits per heavy atom. The number of aliphatic hydroxyl groups is 1. The summed E-state index contributed by atoms with van der Waals surface area (Å²) in [6.07, 6.45) is 22.0. The fraction of sp³-hybridized carbons (Fsp3) is 0.955. The molecule has 0 aromatic carbocycles. The normalized spacial score (nSPS) is 12.4. The molecule has 0 saturated carbocycles. The number of hydrogen-bond acceptors (Lipinski definition) is 2. The first-order valence-corrected chi connectivity index (χ1v) is 11.1. The molecule has 0 aromatic rings. The smallest absolute Gasteiger partial charge is 0.303 e. The van der Waals surface area contributed by atoms with E-state index < -0.39 is 5.97 Å². The maximum Gasteiger partial charge on any atom is 0.303 e. The van der Waals surface area contributed by atoms with Gasteiger partial charge >= 0.3 is 5.97 Å². The van der Waals surface area contributed by atoms with Crippen molar-refractivity contribution >= 4 is 5.97 Å². The average Bonchev–Trinajstić information content (AvgIpc) is 2.58. The van der Waals surface area contributed by atoms with Crippen molar-refractivity contribution in [2.45, 2.75) is 135 Å². The number of carbonyl (C=O) groups is 1. The molecule has 0 spiro atoms. The largest absolute Gasteiger partial charge is 0.481 e. The molecule has 0 fully saturated rings. The number of hydrogen-bond donors (Lipinski definition) is 2. The van der Waals surface area contributed by atoms with Crippen molar-refractivity contribution in [3.8, 4) is 0 Å². The maximum absolute atomic E-state index is 10.4. The number of unbranched alkanes of at least 4 members (excludes halogenated alkanes) is 14. The van der Waals surface area contributed by atoms with E-state index in [4.69, 9.17) is 5.11 Å². The average molecular weight is 357 g/mol. The van der Waals surface area contributed by atoms with Crippen molar-refractivity contribution in [3.05, 3.63) is 0 Å². The van der Waals surface area contributed by atoms with Gasteiger partial charge < -0.3 is 10.2 Å². The lowest BCUT2D eigenvalue weighted by Crippen LogP contribution is -2.05. The summed E-state index contributed by atoms with van der Waals surface area (Å²) in [7, 11) is 0. The van der Waals surface area contributed by atoms with Crippen LogP contribution in [0.15, 0.2) is 0 Å². The molecule has 0 radical (unpaired) electrons. The SMILES string of the molecule is CCCCCCCCCCC(O)CCCCCCCCCCC(=O)O. The van der Waals surface area contributed by atoms with Crippen LogP contribution >= 0.6 is 0 Å². The minimum absolute atomic E-state index is 0.0869. The number of aliphatic carboxylic acids is 1. The molecule has 0 amide bonds. The molecule has 0 aliphatic carbocycles. The first-order chi connectivity index (χ1) is 12.2. The molecule has 1 atom stereocenters. The molecule has 2 N–H and O–H groups in total. The highest BCUT2D eigenvalue weighted by molar-refractivity contribution is 5.66. The summed E-state index contributed by atoms with van der Waals surface area (Å²) in [5.74, 6) is -0.675. The lowest BCUT2D eigenvalue weighted by Gasteiger charge is -2.10. The van der Waals surface area contributed by atoms with Gasteiger partial charge in [-0.1, -0.05) is 103 Å². The fourth-order valence-electron chi connectivity index (χ4n) is 3.38. The van der Waals surface area contributed by atoms with E-state index in [1.807, 2.05) is 0 Å². The number of aliphatic hydroxyl groups excluding tert-OH is 1. The fourth-order valence-corrected chi connectivity index (χ4v) is 3.38. The second kappa shape index (κ2) is 19.8. The lowest BCUT2D eigenvalue weighted by atomic mass is 10.0. The van der Waals surface area contributed by atoms with Gasteiger partial charge in [-0.3, -0.25) is 4.79 Å². The van der Waals surface area contributed by atoms with E-state index >= 15 is 0 Å². The van der Waals surface area contributed by atoms with E-state index in [0.29, 0.717) is 6.42 Å². The topological polar surface area (TPSA) is 57.5 Å². The molecular formula is C22H44O3. The quantitative estimate of drug-likeness (QED) is 0.234. The van der Waals surface area contributed by atoms with E-state index in [9.17, 15) is 9.90 Å². The molecule has 25 heavy (non-hydrogen) atoms. The van der Waals surface area contributed by atoms with Gasteiger partial charge in [0.15, 0.2) is 0 Å². The zero-order valence-corrected chi connectivity index (χ0v) is 16.8. The minimum atomic E-state index is -0.675. The Bertz CT molecular complexity index is 278. The zero-order valence-electron chi connectivity index (χ0n) is 16.8. The van der Waals surface area contributed by atoms with Gasteiger partial charge in [-0.25, -0.2) is 0 Å². The van der Waals surface area contributed by atoms with Gasteiger partial charge in [0.25, 0.3) is 0 Å². The molecular weight excluding hydrogens is 312 g/mol. The van der Waals surface area contributed by atoms with Crippen LogP contribution in [0.25, 0.3) is 0 Å². The Morgan fingerprint density at radius 2 is 1.00 bits per heavy atom.